The van der Waals surface area contributed by atoms with Gasteiger partial charge in [-0.1, -0.05) is 50.3 Å². The zero-order valence-corrected chi connectivity index (χ0v) is 21.7. The molecule has 8 heteroatoms. The molecule has 1 aliphatic carbocycles. The molecule has 37 heavy (non-hydrogen) atoms. The molecule has 198 valence electrons. The third-order valence-electron chi connectivity index (χ3n) is 8.49. The predicted octanol–water partition coefficient (Wildman–Crippen LogP) is 3.59. The van der Waals surface area contributed by atoms with Crippen molar-refractivity contribution in [3.8, 4) is 6.07 Å². The van der Waals surface area contributed by atoms with Crippen molar-refractivity contribution in [1.82, 2.24) is 20.1 Å². The van der Waals surface area contributed by atoms with E-state index >= 15 is 0 Å². The second-order valence-corrected chi connectivity index (χ2v) is 11.1. The lowest BCUT2D eigenvalue weighted by atomic mass is 9.81. The predicted molar refractivity (Wildman–Crippen MR) is 141 cm³/mol. The Labute approximate surface area is 219 Å². The number of ether oxygens (including phenoxy) is 1. The molecule has 2 amide bonds. The number of nitriles is 1. The van der Waals surface area contributed by atoms with Gasteiger partial charge in [-0.25, -0.2) is 0 Å². The van der Waals surface area contributed by atoms with Crippen LogP contribution >= 0.6 is 0 Å². The van der Waals surface area contributed by atoms with Gasteiger partial charge in [0, 0.05) is 62.2 Å². The minimum atomic E-state index is -0.921. The summed E-state index contributed by atoms with van der Waals surface area (Å²) in [4.78, 5) is 34.2. The van der Waals surface area contributed by atoms with Crippen LogP contribution in [0.25, 0.3) is 10.9 Å². The van der Waals surface area contributed by atoms with Crippen LogP contribution in [0.1, 0.15) is 56.9 Å². The van der Waals surface area contributed by atoms with Crippen LogP contribution in [0, 0.1) is 23.2 Å². The number of likely N-dealkylation sites (tertiary alicyclic amines) is 1. The maximum absolute atomic E-state index is 13.7. The molecule has 2 unspecified atom stereocenters. The Morgan fingerprint density at radius 2 is 1.95 bits per heavy atom. The van der Waals surface area contributed by atoms with Gasteiger partial charge in [0.15, 0.2) is 0 Å². The molecule has 5 rings (SSSR count). The van der Waals surface area contributed by atoms with Crippen molar-refractivity contribution in [3.05, 3.63) is 36.0 Å². The first-order valence-corrected chi connectivity index (χ1v) is 13.9. The van der Waals surface area contributed by atoms with E-state index in [1.54, 1.807) is 0 Å². The summed E-state index contributed by atoms with van der Waals surface area (Å²) in [6.07, 6.45) is 9.45. The number of nitrogens with one attached hydrogen (secondary N) is 2. The van der Waals surface area contributed by atoms with Crippen molar-refractivity contribution in [1.29, 1.82) is 5.26 Å². The number of hydrogen-bond acceptors (Lipinski definition) is 5. The monoisotopic (exact) mass is 505 g/mol. The third kappa shape index (κ3) is 6.16. The van der Waals surface area contributed by atoms with Crippen molar-refractivity contribution in [2.24, 2.45) is 11.8 Å². The average Bonchev–Trinajstić information content (AvgIpc) is 3.54. The average molecular weight is 506 g/mol. The minimum Gasteiger partial charge on any atom is -0.378 e. The Bertz CT molecular complexity index is 1130. The molecule has 2 saturated heterocycles. The number of fused-ring (bicyclic) bond motifs is 1. The highest BCUT2D eigenvalue weighted by molar-refractivity contribution is 5.86. The van der Waals surface area contributed by atoms with E-state index in [0.29, 0.717) is 45.2 Å². The Morgan fingerprint density at radius 1 is 1.16 bits per heavy atom. The molecule has 1 saturated carbocycles. The van der Waals surface area contributed by atoms with Crippen molar-refractivity contribution in [3.63, 3.8) is 0 Å². The van der Waals surface area contributed by atoms with Gasteiger partial charge in [0.1, 0.15) is 5.54 Å². The van der Waals surface area contributed by atoms with Crippen LogP contribution in [-0.2, 0) is 20.9 Å². The zero-order valence-electron chi connectivity index (χ0n) is 21.7. The third-order valence-corrected chi connectivity index (χ3v) is 8.49. The van der Waals surface area contributed by atoms with Gasteiger partial charge >= 0.3 is 0 Å². The van der Waals surface area contributed by atoms with E-state index < -0.39 is 11.5 Å². The van der Waals surface area contributed by atoms with E-state index in [1.165, 1.54) is 30.2 Å². The molecule has 1 aromatic carbocycles. The van der Waals surface area contributed by atoms with Crippen LogP contribution in [0.5, 0.6) is 0 Å². The number of hydrogen-bond donors (Lipinski definition) is 2. The van der Waals surface area contributed by atoms with Gasteiger partial charge in [0.25, 0.3) is 0 Å². The highest BCUT2D eigenvalue weighted by Crippen LogP contribution is 2.32. The van der Waals surface area contributed by atoms with Gasteiger partial charge < -0.3 is 19.9 Å². The number of H-pyrrole nitrogens is 1. The summed E-state index contributed by atoms with van der Waals surface area (Å²) >= 11 is 0. The number of benzene rings is 1. The molecule has 8 nitrogen and oxygen atoms in total. The molecule has 2 aromatic rings. The van der Waals surface area contributed by atoms with Crippen LogP contribution in [0.2, 0.25) is 0 Å². The van der Waals surface area contributed by atoms with E-state index in [4.69, 9.17) is 4.74 Å². The van der Waals surface area contributed by atoms with Gasteiger partial charge in [-0.3, -0.25) is 14.5 Å². The SMILES string of the molecule is N#CC1(NC(=O)C(CC(=O)N2CCOCC2)CC2CCCCC2)CCN(Cc2c[nH]c3ccccc23)C1. The van der Waals surface area contributed by atoms with Gasteiger partial charge in [-0.15, -0.1) is 0 Å². The lowest BCUT2D eigenvalue weighted by molar-refractivity contribution is -0.140. The summed E-state index contributed by atoms with van der Waals surface area (Å²) in [6.45, 7) is 4.23. The van der Waals surface area contributed by atoms with Gasteiger partial charge in [-0.05, 0) is 30.4 Å². The van der Waals surface area contributed by atoms with Crippen LogP contribution in [0.4, 0.5) is 0 Å². The largest absolute Gasteiger partial charge is 0.378 e. The van der Waals surface area contributed by atoms with Gasteiger partial charge in [0.2, 0.25) is 11.8 Å². The van der Waals surface area contributed by atoms with Crippen LogP contribution in [0.3, 0.4) is 0 Å². The topological polar surface area (TPSA) is 101 Å². The lowest BCUT2D eigenvalue weighted by Gasteiger charge is -2.32. The van der Waals surface area contributed by atoms with Crippen molar-refractivity contribution >= 4 is 22.7 Å². The van der Waals surface area contributed by atoms with Gasteiger partial charge in [0.05, 0.1) is 19.3 Å². The summed E-state index contributed by atoms with van der Waals surface area (Å²) in [6, 6.07) is 10.7. The number of nitrogens with zero attached hydrogens (tertiary/aromatic N) is 3. The quantitative estimate of drug-likeness (QED) is 0.571. The lowest BCUT2D eigenvalue weighted by Crippen LogP contribution is -2.52. The van der Waals surface area contributed by atoms with E-state index in [2.05, 4.69) is 33.4 Å². The standard InChI is InChI=1S/C29H39N5O3/c30-20-29(10-11-33(21-29)19-24-18-31-26-9-5-4-8-25(24)26)32-28(36)23(16-22-6-2-1-3-7-22)17-27(35)34-12-14-37-15-13-34/h4-5,8-9,18,22-23,31H,1-3,6-7,10-17,19,21H2,(H,32,36). The first kappa shape index (κ1) is 25.7. The number of carbonyl (C=O) groups is 2. The molecule has 2 N–H and O–H groups in total. The fourth-order valence-corrected chi connectivity index (χ4v) is 6.35. The van der Waals surface area contributed by atoms with E-state index in [9.17, 15) is 14.9 Å². The number of rotatable bonds is 8. The van der Waals surface area contributed by atoms with E-state index in [1.807, 2.05) is 23.2 Å². The first-order chi connectivity index (χ1) is 18.0. The van der Waals surface area contributed by atoms with Crippen molar-refractivity contribution < 1.29 is 14.3 Å². The summed E-state index contributed by atoms with van der Waals surface area (Å²) < 4.78 is 5.40. The summed E-state index contributed by atoms with van der Waals surface area (Å²) in [5.74, 6) is -0.0337. The fourth-order valence-electron chi connectivity index (χ4n) is 6.35. The second-order valence-electron chi connectivity index (χ2n) is 11.1. The number of amides is 2. The highest BCUT2D eigenvalue weighted by atomic mass is 16.5. The van der Waals surface area contributed by atoms with Crippen LogP contribution < -0.4 is 5.32 Å². The first-order valence-electron chi connectivity index (χ1n) is 13.9. The van der Waals surface area contributed by atoms with E-state index in [-0.39, 0.29) is 18.2 Å². The molecule has 3 heterocycles. The molecule has 2 atom stereocenters. The van der Waals surface area contributed by atoms with Crippen LogP contribution in [-0.4, -0.2) is 71.5 Å². The number of para-hydroxylation sites is 1. The molecule has 0 bridgehead atoms. The number of morpholine rings is 1. The molecule has 0 spiro atoms. The normalized spacial score (nSPS) is 24.1. The number of aromatic nitrogens is 1. The molecular formula is C29H39N5O3. The molecule has 1 aromatic heterocycles. The number of carbonyl (C=O) groups excluding carboxylic acids is 2. The Kier molecular flexibility index (Phi) is 8.11. The van der Waals surface area contributed by atoms with E-state index in [0.717, 1.165) is 37.9 Å². The molecular weight excluding hydrogens is 466 g/mol. The summed E-state index contributed by atoms with van der Waals surface area (Å²) in [5, 5.41) is 14.5. The Morgan fingerprint density at radius 3 is 2.73 bits per heavy atom. The molecule has 2 aliphatic heterocycles. The number of aromatic amines is 1. The van der Waals surface area contributed by atoms with Crippen molar-refractivity contribution in [2.75, 3.05) is 39.4 Å². The Balaban J connectivity index is 1.25. The van der Waals surface area contributed by atoms with Crippen LogP contribution in [0.15, 0.2) is 30.5 Å². The highest BCUT2D eigenvalue weighted by Gasteiger charge is 2.42. The molecule has 3 aliphatic rings. The zero-order chi connectivity index (χ0) is 25.7. The molecule has 3 fully saturated rings. The molecule has 0 radical (unpaired) electrons. The maximum Gasteiger partial charge on any atom is 0.224 e. The van der Waals surface area contributed by atoms with Crippen molar-refractivity contribution in [2.45, 2.75) is 63.5 Å². The Hall–Kier alpha value is -2.89. The second kappa shape index (κ2) is 11.7. The minimum absolute atomic E-state index is 0.0256. The summed E-state index contributed by atoms with van der Waals surface area (Å²) in [5.41, 5.74) is 1.38. The van der Waals surface area contributed by atoms with Gasteiger partial charge in [-0.2, -0.15) is 5.26 Å². The smallest absolute Gasteiger partial charge is 0.224 e. The summed E-state index contributed by atoms with van der Waals surface area (Å²) in [7, 11) is 0. The maximum atomic E-state index is 13.7. The fraction of sp³-hybridized carbons (Fsp3) is 0.621.